The number of aromatic nitrogens is 1. The van der Waals surface area contributed by atoms with E-state index in [1.54, 1.807) is 0 Å². The lowest BCUT2D eigenvalue weighted by molar-refractivity contribution is 0.0312. The Hall–Kier alpha value is -1.40. The van der Waals surface area contributed by atoms with Crippen LogP contribution < -0.4 is 0 Å². The summed E-state index contributed by atoms with van der Waals surface area (Å²) in [6, 6.07) is 0.261. The number of carbonyl (C=O) groups is 1. The smallest absolute Gasteiger partial charge is 0.276 e. The molecule has 29 heavy (non-hydrogen) atoms. The molecule has 6 nitrogen and oxygen atoms in total. The van der Waals surface area contributed by atoms with E-state index in [9.17, 15) is 4.79 Å². The van der Waals surface area contributed by atoms with E-state index in [0.29, 0.717) is 18.2 Å². The number of rotatable bonds is 4. The molecule has 6 heteroatoms. The molecule has 3 heterocycles. The summed E-state index contributed by atoms with van der Waals surface area (Å²) in [5, 5.41) is 4.30. The van der Waals surface area contributed by atoms with Crippen LogP contribution in [0.25, 0.3) is 0 Å². The molecule has 3 aliphatic rings. The van der Waals surface area contributed by atoms with Gasteiger partial charge < -0.3 is 19.1 Å². The highest BCUT2D eigenvalue weighted by Crippen LogP contribution is 2.38. The zero-order valence-corrected chi connectivity index (χ0v) is 18.6. The molecule has 4 rings (SSSR count). The molecular weight excluding hydrogens is 366 g/mol. The molecule has 2 atom stereocenters. The Bertz CT molecular complexity index is 709. The summed E-state index contributed by atoms with van der Waals surface area (Å²) in [7, 11) is 2.16. The number of piperidine rings is 1. The van der Waals surface area contributed by atoms with Crippen molar-refractivity contribution in [3.63, 3.8) is 0 Å². The highest BCUT2D eigenvalue weighted by molar-refractivity contribution is 5.94. The Kier molecular flexibility index (Phi) is 6.03. The van der Waals surface area contributed by atoms with Crippen molar-refractivity contribution in [1.29, 1.82) is 0 Å². The van der Waals surface area contributed by atoms with Gasteiger partial charge in [0.05, 0.1) is 6.10 Å². The Morgan fingerprint density at radius 1 is 1.21 bits per heavy atom. The number of amides is 1. The Balaban J connectivity index is 1.57. The van der Waals surface area contributed by atoms with Crippen LogP contribution in [0.4, 0.5) is 0 Å². The highest BCUT2D eigenvalue weighted by atomic mass is 16.5. The van der Waals surface area contributed by atoms with Gasteiger partial charge in [-0.25, -0.2) is 0 Å². The first-order chi connectivity index (χ1) is 13.8. The van der Waals surface area contributed by atoms with Gasteiger partial charge >= 0.3 is 0 Å². The molecule has 0 N–H and O–H groups in total. The number of fused-ring (bicyclic) bond motifs is 1. The fraction of sp³-hybridized carbons (Fsp3) is 0.826. The highest BCUT2D eigenvalue weighted by Gasteiger charge is 2.38. The van der Waals surface area contributed by atoms with Crippen LogP contribution in [0.5, 0.6) is 0 Å². The molecule has 0 unspecified atom stereocenters. The van der Waals surface area contributed by atoms with Crippen molar-refractivity contribution in [2.75, 3.05) is 33.3 Å². The number of likely N-dealkylation sites (tertiary alicyclic amines) is 1. The van der Waals surface area contributed by atoms with Gasteiger partial charge in [0.25, 0.3) is 5.91 Å². The molecule has 0 saturated carbocycles. The maximum atomic E-state index is 13.7. The van der Waals surface area contributed by atoms with Crippen LogP contribution in [-0.4, -0.2) is 66.3 Å². The lowest BCUT2D eigenvalue weighted by Gasteiger charge is -2.38. The SMILES string of the molecule is CN1CCC(N(C[C@@H]2CCCO2)C(=O)c2noc3c2C[C@@H](C(C)(C)C)CC3)CC1. The fourth-order valence-corrected chi connectivity index (χ4v) is 5.16. The van der Waals surface area contributed by atoms with Crippen LogP contribution in [0.3, 0.4) is 0 Å². The van der Waals surface area contributed by atoms with E-state index >= 15 is 0 Å². The molecule has 1 aromatic heterocycles. The third-order valence-electron chi connectivity index (χ3n) is 7.28. The molecule has 1 aliphatic carbocycles. The molecule has 1 aromatic rings. The monoisotopic (exact) mass is 403 g/mol. The van der Waals surface area contributed by atoms with Gasteiger partial charge in [0.2, 0.25) is 0 Å². The maximum Gasteiger partial charge on any atom is 0.276 e. The van der Waals surface area contributed by atoms with Crippen molar-refractivity contribution in [3.8, 4) is 0 Å². The first kappa shape index (κ1) is 20.9. The van der Waals surface area contributed by atoms with Gasteiger partial charge in [-0.3, -0.25) is 4.79 Å². The average molecular weight is 404 g/mol. The van der Waals surface area contributed by atoms with Crippen LogP contribution in [0, 0.1) is 11.3 Å². The summed E-state index contributed by atoms with van der Waals surface area (Å²) in [6.45, 7) is 10.4. The quantitative estimate of drug-likeness (QED) is 0.770. The summed E-state index contributed by atoms with van der Waals surface area (Å²) < 4.78 is 11.5. The first-order valence-electron chi connectivity index (χ1n) is 11.4. The molecule has 0 spiro atoms. The number of ether oxygens (including phenoxy) is 1. The zero-order valence-electron chi connectivity index (χ0n) is 18.6. The largest absolute Gasteiger partial charge is 0.376 e. The summed E-state index contributed by atoms with van der Waals surface area (Å²) in [4.78, 5) is 18.2. The Morgan fingerprint density at radius 3 is 2.62 bits per heavy atom. The van der Waals surface area contributed by atoms with E-state index in [0.717, 1.165) is 76.0 Å². The second kappa shape index (κ2) is 8.38. The standard InChI is InChI=1S/C23H37N3O3/c1-23(2,3)16-7-8-20-19(14-16)21(24-29-20)22(27)26(15-18-6-5-13-28-18)17-9-11-25(4)12-10-17/h16-18H,5-15H2,1-4H3/t16-,18-/m0/s1. The van der Waals surface area contributed by atoms with Crippen molar-refractivity contribution in [2.24, 2.45) is 11.3 Å². The molecule has 2 fully saturated rings. The molecule has 1 amide bonds. The maximum absolute atomic E-state index is 13.7. The topological polar surface area (TPSA) is 58.8 Å². The minimum absolute atomic E-state index is 0.0506. The number of hydrogen-bond donors (Lipinski definition) is 0. The fourth-order valence-electron chi connectivity index (χ4n) is 5.16. The zero-order chi connectivity index (χ0) is 20.6. The second-order valence-electron chi connectivity index (χ2n) is 10.4. The van der Waals surface area contributed by atoms with Crippen LogP contribution in [0.1, 0.15) is 74.7 Å². The van der Waals surface area contributed by atoms with E-state index in [2.05, 4.69) is 42.8 Å². The average Bonchev–Trinajstić information content (AvgIpc) is 3.35. The molecule has 0 radical (unpaired) electrons. The lowest BCUT2D eigenvalue weighted by Crippen LogP contribution is -2.49. The second-order valence-corrected chi connectivity index (χ2v) is 10.4. The van der Waals surface area contributed by atoms with Gasteiger partial charge in [-0.15, -0.1) is 0 Å². The molecular formula is C23H37N3O3. The number of hydrogen-bond acceptors (Lipinski definition) is 5. The summed E-state index contributed by atoms with van der Waals surface area (Å²) in [6.07, 6.45) is 7.20. The van der Waals surface area contributed by atoms with E-state index in [1.807, 2.05) is 0 Å². The molecule has 2 aliphatic heterocycles. The number of carbonyl (C=O) groups excluding carboxylic acids is 1. The van der Waals surface area contributed by atoms with Crippen LogP contribution in [-0.2, 0) is 17.6 Å². The molecule has 0 bridgehead atoms. The Morgan fingerprint density at radius 2 is 1.97 bits per heavy atom. The third-order valence-corrected chi connectivity index (χ3v) is 7.28. The van der Waals surface area contributed by atoms with Gasteiger partial charge in [0.15, 0.2) is 5.69 Å². The van der Waals surface area contributed by atoms with Gasteiger partial charge in [0.1, 0.15) is 5.76 Å². The van der Waals surface area contributed by atoms with E-state index < -0.39 is 0 Å². The molecule has 0 aromatic carbocycles. The minimum Gasteiger partial charge on any atom is -0.376 e. The number of nitrogens with zero attached hydrogens (tertiary/aromatic N) is 3. The van der Waals surface area contributed by atoms with Gasteiger partial charge in [-0.2, -0.15) is 0 Å². The van der Waals surface area contributed by atoms with E-state index in [1.165, 1.54) is 0 Å². The normalized spacial score (nSPS) is 26.5. The van der Waals surface area contributed by atoms with Gasteiger partial charge in [-0.1, -0.05) is 25.9 Å². The molecule has 2 saturated heterocycles. The molecule has 162 valence electrons. The van der Waals surface area contributed by atoms with Crippen molar-refractivity contribution in [1.82, 2.24) is 15.0 Å². The van der Waals surface area contributed by atoms with Gasteiger partial charge in [-0.05, 0) is 70.0 Å². The van der Waals surface area contributed by atoms with Crippen molar-refractivity contribution >= 4 is 5.91 Å². The van der Waals surface area contributed by atoms with Crippen molar-refractivity contribution in [3.05, 3.63) is 17.0 Å². The summed E-state index contributed by atoms with van der Waals surface area (Å²) >= 11 is 0. The van der Waals surface area contributed by atoms with Crippen LogP contribution >= 0.6 is 0 Å². The Labute approximate surface area is 174 Å². The predicted octanol–water partition coefficient (Wildman–Crippen LogP) is 3.54. The van der Waals surface area contributed by atoms with E-state index in [-0.39, 0.29) is 23.5 Å². The third kappa shape index (κ3) is 4.53. The number of aryl methyl sites for hydroxylation is 1. The van der Waals surface area contributed by atoms with Crippen LogP contribution in [0.15, 0.2) is 4.52 Å². The first-order valence-corrected chi connectivity index (χ1v) is 11.4. The summed E-state index contributed by atoms with van der Waals surface area (Å²) in [5.74, 6) is 1.53. The van der Waals surface area contributed by atoms with Gasteiger partial charge in [0, 0.05) is 31.2 Å². The predicted molar refractivity (Wildman–Crippen MR) is 112 cm³/mol. The van der Waals surface area contributed by atoms with Crippen molar-refractivity contribution in [2.45, 2.75) is 77.9 Å². The van der Waals surface area contributed by atoms with E-state index in [4.69, 9.17) is 9.26 Å². The minimum atomic E-state index is 0.0506. The van der Waals surface area contributed by atoms with Crippen LogP contribution in [0.2, 0.25) is 0 Å². The lowest BCUT2D eigenvalue weighted by atomic mass is 9.71. The van der Waals surface area contributed by atoms with Crippen molar-refractivity contribution < 1.29 is 14.1 Å². The summed E-state index contributed by atoms with van der Waals surface area (Å²) in [5.41, 5.74) is 1.85.